The van der Waals surface area contributed by atoms with Gasteiger partial charge < -0.3 is 10.1 Å². The van der Waals surface area contributed by atoms with E-state index in [1.54, 1.807) is 7.05 Å². The molecule has 0 aliphatic carbocycles. The van der Waals surface area contributed by atoms with Gasteiger partial charge >= 0.3 is 6.18 Å². The monoisotopic (exact) mass is 227 g/mol. The summed E-state index contributed by atoms with van der Waals surface area (Å²) in [6, 6.07) is -0.0629. The van der Waals surface area contributed by atoms with Gasteiger partial charge in [-0.3, -0.25) is 0 Å². The zero-order chi connectivity index (χ0) is 11.7. The fourth-order valence-electron chi connectivity index (χ4n) is 1.35. The lowest BCUT2D eigenvalue weighted by Crippen LogP contribution is -2.27. The molecule has 92 valence electrons. The summed E-state index contributed by atoms with van der Waals surface area (Å²) < 4.78 is 41.0. The summed E-state index contributed by atoms with van der Waals surface area (Å²) in [7, 11) is 1.70. The topological polar surface area (TPSA) is 21.3 Å². The smallest absolute Gasteiger partial charge is 0.382 e. The van der Waals surface area contributed by atoms with Crippen molar-refractivity contribution in [2.45, 2.75) is 44.8 Å². The van der Waals surface area contributed by atoms with Crippen LogP contribution in [0.2, 0.25) is 0 Å². The molecule has 0 rings (SSSR count). The third-order valence-corrected chi connectivity index (χ3v) is 2.23. The summed E-state index contributed by atoms with van der Waals surface area (Å²) in [6.45, 7) is 3.19. The standard InChI is InChI=1S/C10H20F3NO/c1-3-15-8-4-5-9(14-2)6-7-10(11,12)13/h9,14H,3-8H2,1-2H3. The first kappa shape index (κ1) is 14.7. The van der Waals surface area contributed by atoms with E-state index in [0.29, 0.717) is 13.2 Å². The molecule has 15 heavy (non-hydrogen) atoms. The molecule has 0 saturated heterocycles. The third-order valence-electron chi connectivity index (χ3n) is 2.23. The first-order chi connectivity index (χ1) is 6.99. The van der Waals surface area contributed by atoms with Crippen molar-refractivity contribution in [1.29, 1.82) is 0 Å². The molecule has 0 radical (unpaired) electrons. The second-order valence-electron chi connectivity index (χ2n) is 3.48. The molecule has 1 unspecified atom stereocenters. The van der Waals surface area contributed by atoms with Gasteiger partial charge in [-0.1, -0.05) is 0 Å². The molecule has 0 aromatic carbocycles. The Morgan fingerprint density at radius 2 is 1.93 bits per heavy atom. The van der Waals surface area contributed by atoms with Crippen LogP contribution in [0.25, 0.3) is 0 Å². The minimum absolute atomic E-state index is 0.0629. The zero-order valence-corrected chi connectivity index (χ0v) is 9.36. The van der Waals surface area contributed by atoms with Crippen LogP contribution < -0.4 is 5.32 Å². The molecule has 0 saturated carbocycles. The summed E-state index contributed by atoms with van der Waals surface area (Å²) >= 11 is 0. The van der Waals surface area contributed by atoms with Crippen LogP contribution in [0.4, 0.5) is 13.2 Å². The van der Waals surface area contributed by atoms with E-state index < -0.39 is 12.6 Å². The van der Waals surface area contributed by atoms with Crippen LogP contribution in [0.15, 0.2) is 0 Å². The number of alkyl halides is 3. The molecule has 0 bridgehead atoms. The van der Waals surface area contributed by atoms with Gasteiger partial charge in [-0.2, -0.15) is 13.2 Å². The van der Waals surface area contributed by atoms with E-state index in [1.165, 1.54) is 0 Å². The van der Waals surface area contributed by atoms with Gasteiger partial charge in [-0.25, -0.2) is 0 Å². The second-order valence-corrected chi connectivity index (χ2v) is 3.48. The number of nitrogens with one attached hydrogen (secondary N) is 1. The van der Waals surface area contributed by atoms with Crippen molar-refractivity contribution in [2.24, 2.45) is 0 Å². The Labute approximate surface area is 89.2 Å². The molecule has 0 aromatic rings. The van der Waals surface area contributed by atoms with E-state index in [0.717, 1.165) is 12.8 Å². The fourth-order valence-corrected chi connectivity index (χ4v) is 1.35. The SMILES string of the molecule is CCOCCCC(CCC(F)(F)F)NC. The Hall–Kier alpha value is -0.290. The Balaban J connectivity index is 3.55. The highest BCUT2D eigenvalue weighted by Gasteiger charge is 2.27. The van der Waals surface area contributed by atoms with Crippen LogP contribution in [0.3, 0.4) is 0 Å². The summed E-state index contributed by atoms with van der Waals surface area (Å²) in [5.74, 6) is 0. The predicted molar refractivity (Wildman–Crippen MR) is 53.9 cm³/mol. The van der Waals surface area contributed by atoms with Gasteiger partial charge in [0.05, 0.1) is 0 Å². The maximum Gasteiger partial charge on any atom is 0.389 e. The van der Waals surface area contributed by atoms with Crippen LogP contribution in [-0.4, -0.2) is 32.5 Å². The third kappa shape index (κ3) is 10.0. The largest absolute Gasteiger partial charge is 0.389 e. The van der Waals surface area contributed by atoms with Crippen molar-refractivity contribution in [3.63, 3.8) is 0 Å². The Morgan fingerprint density at radius 1 is 1.27 bits per heavy atom. The van der Waals surface area contributed by atoms with E-state index in [4.69, 9.17) is 4.74 Å². The van der Waals surface area contributed by atoms with E-state index in [1.807, 2.05) is 6.92 Å². The van der Waals surface area contributed by atoms with Gasteiger partial charge in [0.15, 0.2) is 0 Å². The predicted octanol–water partition coefficient (Wildman–Crippen LogP) is 2.73. The number of hydrogen-bond donors (Lipinski definition) is 1. The van der Waals surface area contributed by atoms with Gasteiger partial charge in [0.25, 0.3) is 0 Å². The molecule has 2 nitrogen and oxygen atoms in total. The van der Waals surface area contributed by atoms with Crippen LogP contribution in [-0.2, 0) is 4.74 Å². The van der Waals surface area contributed by atoms with Gasteiger partial charge in [0.2, 0.25) is 0 Å². The van der Waals surface area contributed by atoms with Crippen molar-refractivity contribution < 1.29 is 17.9 Å². The van der Waals surface area contributed by atoms with E-state index in [9.17, 15) is 13.2 Å². The van der Waals surface area contributed by atoms with Crippen molar-refractivity contribution in [1.82, 2.24) is 5.32 Å². The molecule has 5 heteroatoms. The number of halogens is 3. The zero-order valence-electron chi connectivity index (χ0n) is 9.36. The maximum atomic E-state index is 11.9. The lowest BCUT2D eigenvalue weighted by atomic mass is 10.1. The van der Waals surface area contributed by atoms with Gasteiger partial charge in [-0.15, -0.1) is 0 Å². The van der Waals surface area contributed by atoms with Crippen LogP contribution >= 0.6 is 0 Å². The Bertz CT molecular complexity index is 150. The molecule has 0 fully saturated rings. The number of ether oxygens (including phenoxy) is 1. The van der Waals surface area contributed by atoms with Gasteiger partial charge in [0, 0.05) is 25.7 Å². The average Bonchev–Trinajstić information content (AvgIpc) is 2.15. The Kier molecular flexibility index (Phi) is 7.78. The molecule has 0 aliphatic heterocycles. The number of rotatable bonds is 8. The summed E-state index contributed by atoms with van der Waals surface area (Å²) in [5.41, 5.74) is 0. The molecular weight excluding hydrogens is 207 g/mol. The van der Waals surface area contributed by atoms with Crippen molar-refractivity contribution in [3.8, 4) is 0 Å². The second kappa shape index (κ2) is 7.93. The number of hydrogen-bond acceptors (Lipinski definition) is 2. The molecule has 0 aliphatic rings. The van der Waals surface area contributed by atoms with Crippen molar-refractivity contribution in [3.05, 3.63) is 0 Å². The quantitative estimate of drug-likeness (QED) is 0.644. The highest BCUT2D eigenvalue weighted by molar-refractivity contribution is 4.66. The lowest BCUT2D eigenvalue weighted by molar-refractivity contribution is -0.136. The van der Waals surface area contributed by atoms with E-state index in [-0.39, 0.29) is 12.5 Å². The minimum Gasteiger partial charge on any atom is -0.382 e. The van der Waals surface area contributed by atoms with Crippen LogP contribution in [0.1, 0.15) is 32.6 Å². The van der Waals surface area contributed by atoms with E-state index >= 15 is 0 Å². The highest BCUT2D eigenvalue weighted by atomic mass is 19.4. The Morgan fingerprint density at radius 3 is 2.40 bits per heavy atom. The van der Waals surface area contributed by atoms with Crippen molar-refractivity contribution in [2.75, 3.05) is 20.3 Å². The molecule has 1 atom stereocenters. The average molecular weight is 227 g/mol. The maximum absolute atomic E-state index is 11.9. The van der Waals surface area contributed by atoms with Gasteiger partial charge in [-0.05, 0) is 33.2 Å². The molecule has 0 amide bonds. The van der Waals surface area contributed by atoms with Crippen LogP contribution in [0.5, 0.6) is 0 Å². The summed E-state index contributed by atoms with van der Waals surface area (Å²) in [6.07, 6.45) is -3.09. The van der Waals surface area contributed by atoms with Gasteiger partial charge in [0.1, 0.15) is 0 Å². The molecule has 0 spiro atoms. The fraction of sp³-hybridized carbons (Fsp3) is 1.00. The van der Waals surface area contributed by atoms with Crippen molar-refractivity contribution >= 4 is 0 Å². The van der Waals surface area contributed by atoms with E-state index in [2.05, 4.69) is 5.32 Å². The normalized spacial score (nSPS) is 14.2. The molecular formula is C10H20F3NO. The van der Waals surface area contributed by atoms with Crippen LogP contribution in [0, 0.1) is 0 Å². The summed E-state index contributed by atoms with van der Waals surface area (Å²) in [5, 5.41) is 2.90. The summed E-state index contributed by atoms with van der Waals surface area (Å²) in [4.78, 5) is 0. The minimum atomic E-state index is -4.05. The highest BCUT2D eigenvalue weighted by Crippen LogP contribution is 2.23. The first-order valence-electron chi connectivity index (χ1n) is 5.31. The molecule has 1 N–H and O–H groups in total. The first-order valence-corrected chi connectivity index (χ1v) is 5.31. The molecule has 0 aromatic heterocycles. The lowest BCUT2D eigenvalue weighted by Gasteiger charge is -2.16. The molecule has 0 heterocycles.